The minimum atomic E-state index is -0.0796. The molecule has 0 radical (unpaired) electrons. The Balaban J connectivity index is 1.41. The van der Waals surface area contributed by atoms with Crippen molar-refractivity contribution in [3.05, 3.63) is 28.8 Å². The lowest BCUT2D eigenvalue weighted by molar-refractivity contribution is -0.117. The van der Waals surface area contributed by atoms with E-state index in [-0.39, 0.29) is 11.8 Å². The molecular weight excluding hydrogens is 376 g/mol. The van der Waals surface area contributed by atoms with Crippen LogP contribution in [0.15, 0.2) is 18.2 Å². The number of ether oxygens (including phenoxy) is 1. The van der Waals surface area contributed by atoms with E-state index in [1.165, 1.54) is 11.3 Å². The molecule has 8 heteroatoms. The highest BCUT2D eigenvalue weighted by atomic mass is 32.1. The van der Waals surface area contributed by atoms with Crippen LogP contribution in [-0.4, -0.2) is 28.6 Å². The highest BCUT2D eigenvalue weighted by Crippen LogP contribution is 2.28. The van der Waals surface area contributed by atoms with Gasteiger partial charge in [-0.05, 0) is 49.4 Å². The van der Waals surface area contributed by atoms with Gasteiger partial charge in [0.25, 0.3) is 0 Å². The Morgan fingerprint density at radius 2 is 2.11 bits per heavy atom. The number of aryl methyl sites for hydroxylation is 1. The van der Waals surface area contributed by atoms with E-state index in [1.807, 2.05) is 18.2 Å². The van der Waals surface area contributed by atoms with Crippen molar-refractivity contribution in [1.82, 2.24) is 10.2 Å². The van der Waals surface area contributed by atoms with Gasteiger partial charge in [0.05, 0.1) is 6.61 Å². The number of nitrogens with zero attached hydrogens (tertiary/aromatic N) is 2. The molecule has 0 saturated carbocycles. The fourth-order valence-corrected chi connectivity index (χ4v) is 4.17. The first-order chi connectivity index (χ1) is 13.6. The van der Waals surface area contributed by atoms with Crippen LogP contribution in [0.1, 0.15) is 62.4 Å². The third-order valence-corrected chi connectivity index (χ3v) is 5.81. The molecule has 1 aromatic carbocycles. The summed E-state index contributed by atoms with van der Waals surface area (Å²) >= 11 is 1.45. The molecule has 0 atom stereocenters. The van der Waals surface area contributed by atoms with Crippen LogP contribution in [0, 0.1) is 0 Å². The Kier molecular flexibility index (Phi) is 6.97. The minimum Gasteiger partial charge on any atom is -0.494 e. The molecule has 2 heterocycles. The van der Waals surface area contributed by atoms with E-state index in [0.29, 0.717) is 36.9 Å². The van der Waals surface area contributed by atoms with E-state index in [9.17, 15) is 9.59 Å². The van der Waals surface area contributed by atoms with Gasteiger partial charge >= 0.3 is 0 Å². The van der Waals surface area contributed by atoms with Crippen LogP contribution < -0.4 is 15.4 Å². The number of fused-ring (bicyclic) bond motifs is 1. The Bertz CT molecular complexity index is 833. The van der Waals surface area contributed by atoms with Crippen LogP contribution in [0.2, 0.25) is 0 Å². The summed E-state index contributed by atoms with van der Waals surface area (Å²) in [6.07, 6.45) is 4.23. The van der Waals surface area contributed by atoms with Gasteiger partial charge in [-0.25, -0.2) is 0 Å². The third-order valence-electron chi connectivity index (χ3n) is 4.81. The smallest absolute Gasteiger partial charge is 0.226 e. The predicted octanol–water partition coefficient (Wildman–Crippen LogP) is 4.12. The molecular formula is C20H26N4O3S. The highest BCUT2D eigenvalue weighted by Gasteiger charge is 2.16. The molecule has 1 aliphatic heterocycles. The summed E-state index contributed by atoms with van der Waals surface area (Å²) in [5.41, 5.74) is 1.94. The van der Waals surface area contributed by atoms with Gasteiger partial charge < -0.3 is 15.4 Å². The maximum Gasteiger partial charge on any atom is 0.226 e. The zero-order valence-corrected chi connectivity index (χ0v) is 17.1. The van der Waals surface area contributed by atoms with Crippen LogP contribution in [0.5, 0.6) is 5.75 Å². The maximum absolute atomic E-state index is 12.1. The third kappa shape index (κ3) is 5.28. The Labute approximate surface area is 168 Å². The molecule has 2 N–H and O–H groups in total. The largest absolute Gasteiger partial charge is 0.494 e. The average Bonchev–Trinajstić information content (AvgIpc) is 3.14. The second-order valence-corrected chi connectivity index (χ2v) is 7.84. The minimum absolute atomic E-state index is 0.0506. The van der Waals surface area contributed by atoms with Crippen LogP contribution in [-0.2, 0) is 16.0 Å². The maximum atomic E-state index is 12.1. The van der Waals surface area contributed by atoms with E-state index in [4.69, 9.17) is 4.74 Å². The first-order valence-electron chi connectivity index (χ1n) is 9.77. The zero-order chi connectivity index (χ0) is 19.9. The quantitative estimate of drug-likeness (QED) is 0.615. The zero-order valence-electron chi connectivity index (χ0n) is 16.3. The molecule has 2 aromatic rings. The molecule has 1 aliphatic rings. The molecule has 7 nitrogen and oxygen atoms in total. The topological polar surface area (TPSA) is 93.2 Å². The predicted molar refractivity (Wildman–Crippen MR) is 110 cm³/mol. The fraction of sp³-hybridized carbons (Fsp3) is 0.500. The Morgan fingerprint density at radius 3 is 2.89 bits per heavy atom. The molecule has 1 aromatic heterocycles. The summed E-state index contributed by atoms with van der Waals surface area (Å²) in [7, 11) is 0. The lowest BCUT2D eigenvalue weighted by Crippen LogP contribution is -2.18. The summed E-state index contributed by atoms with van der Waals surface area (Å²) in [5, 5.41) is 15.5. The molecule has 2 amide bonds. The number of aromatic nitrogens is 2. The van der Waals surface area contributed by atoms with Gasteiger partial charge in [0, 0.05) is 24.4 Å². The van der Waals surface area contributed by atoms with Crippen molar-refractivity contribution in [1.29, 1.82) is 0 Å². The van der Waals surface area contributed by atoms with E-state index in [0.717, 1.165) is 41.3 Å². The first-order valence-corrected chi connectivity index (χ1v) is 10.6. The number of hydrogen-bond acceptors (Lipinski definition) is 6. The van der Waals surface area contributed by atoms with Gasteiger partial charge in [-0.15, -0.1) is 10.2 Å². The van der Waals surface area contributed by atoms with Crippen molar-refractivity contribution < 1.29 is 14.3 Å². The molecule has 0 unspecified atom stereocenters. The van der Waals surface area contributed by atoms with Crippen LogP contribution >= 0.6 is 11.3 Å². The van der Waals surface area contributed by atoms with Gasteiger partial charge in [0.1, 0.15) is 10.8 Å². The van der Waals surface area contributed by atoms with Gasteiger partial charge in [-0.1, -0.05) is 25.2 Å². The molecule has 28 heavy (non-hydrogen) atoms. The standard InChI is InChI=1S/C20H26N4O3S/c1-3-13(4-2)19-23-24-20(28-19)22-17(25)6-5-11-27-15-8-9-16-14(12-15)7-10-18(26)21-16/h8-9,12-13H,3-7,10-11H2,1-2H3,(H,21,26)(H,22,24,25). The second kappa shape index (κ2) is 9.64. The molecule has 0 bridgehead atoms. The molecule has 150 valence electrons. The molecule has 0 fully saturated rings. The summed E-state index contributed by atoms with van der Waals surface area (Å²) in [5.74, 6) is 1.13. The number of carbonyl (C=O) groups excluding carboxylic acids is 2. The Hall–Kier alpha value is -2.48. The lowest BCUT2D eigenvalue weighted by Gasteiger charge is -2.17. The monoisotopic (exact) mass is 402 g/mol. The highest BCUT2D eigenvalue weighted by molar-refractivity contribution is 7.15. The van der Waals surface area contributed by atoms with E-state index >= 15 is 0 Å². The fourth-order valence-electron chi connectivity index (χ4n) is 3.14. The normalized spacial score (nSPS) is 13.2. The van der Waals surface area contributed by atoms with Gasteiger partial charge in [0.2, 0.25) is 16.9 Å². The molecule has 3 rings (SSSR count). The summed E-state index contributed by atoms with van der Waals surface area (Å²) in [4.78, 5) is 23.5. The molecule has 0 aliphatic carbocycles. The molecule has 0 spiro atoms. The van der Waals surface area contributed by atoms with Crippen molar-refractivity contribution in [2.45, 2.75) is 58.3 Å². The van der Waals surface area contributed by atoms with Crippen molar-refractivity contribution in [3.63, 3.8) is 0 Å². The number of hydrogen-bond donors (Lipinski definition) is 2. The summed E-state index contributed by atoms with van der Waals surface area (Å²) < 4.78 is 5.75. The van der Waals surface area contributed by atoms with Crippen LogP contribution in [0.25, 0.3) is 0 Å². The van der Waals surface area contributed by atoms with E-state index < -0.39 is 0 Å². The number of nitrogens with one attached hydrogen (secondary N) is 2. The van der Waals surface area contributed by atoms with Gasteiger partial charge in [0.15, 0.2) is 0 Å². The van der Waals surface area contributed by atoms with Crippen molar-refractivity contribution in [2.24, 2.45) is 0 Å². The van der Waals surface area contributed by atoms with Crippen LogP contribution in [0.3, 0.4) is 0 Å². The van der Waals surface area contributed by atoms with Crippen LogP contribution in [0.4, 0.5) is 10.8 Å². The van der Waals surface area contributed by atoms with Crippen molar-refractivity contribution >= 4 is 34.0 Å². The number of rotatable bonds is 9. The number of benzene rings is 1. The van der Waals surface area contributed by atoms with E-state index in [1.54, 1.807) is 0 Å². The number of carbonyl (C=O) groups is 2. The van der Waals surface area contributed by atoms with Crippen molar-refractivity contribution in [2.75, 3.05) is 17.2 Å². The lowest BCUT2D eigenvalue weighted by atomic mass is 10.0. The van der Waals surface area contributed by atoms with Gasteiger partial charge in [-0.2, -0.15) is 0 Å². The Morgan fingerprint density at radius 1 is 1.29 bits per heavy atom. The first kappa shape index (κ1) is 20.3. The average molecular weight is 403 g/mol. The SMILES string of the molecule is CCC(CC)c1nnc(NC(=O)CCCOc2ccc3c(c2)CCC(=O)N3)s1. The van der Waals surface area contributed by atoms with Crippen molar-refractivity contribution in [3.8, 4) is 5.75 Å². The van der Waals surface area contributed by atoms with E-state index in [2.05, 4.69) is 34.7 Å². The summed E-state index contributed by atoms with van der Waals surface area (Å²) in [6.45, 7) is 4.71. The number of amides is 2. The summed E-state index contributed by atoms with van der Waals surface area (Å²) in [6, 6.07) is 5.65. The second-order valence-electron chi connectivity index (χ2n) is 6.83. The van der Waals surface area contributed by atoms with Gasteiger partial charge in [-0.3, -0.25) is 9.59 Å². The molecule has 0 saturated heterocycles. The number of anilines is 2.